The Bertz CT molecular complexity index is 379. The second kappa shape index (κ2) is 5.62. The molecule has 0 saturated carbocycles. The van der Waals surface area contributed by atoms with Crippen LogP contribution in [0.1, 0.15) is 26.3 Å². The predicted molar refractivity (Wildman–Crippen MR) is 67.2 cm³/mol. The van der Waals surface area contributed by atoms with Crippen molar-refractivity contribution in [3.63, 3.8) is 0 Å². The minimum absolute atomic E-state index is 0.267. The number of hydrogen-bond donors (Lipinski definition) is 1. The van der Waals surface area contributed by atoms with Crippen molar-refractivity contribution >= 4 is 12.2 Å². The van der Waals surface area contributed by atoms with Crippen LogP contribution < -0.4 is 5.32 Å². The summed E-state index contributed by atoms with van der Waals surface area (Å²) < 4.78 is 0. The molecule has 1 rings (SSSR count). The quantitative estimate of drug-likeness (QED) is 0.805. The second-order valence-corrected chi connectivity index (χ2v) is 5.10. The largest absolute Gasteiger partial charge is 0.351 e. The Morgan fingerprint density at radius 3 is 2.35 bits per heavy atom. The smallest absolute Gasteiger partial charge is 0.231 e. The van der Waals surface area contributed by atoms with Crippen LogP contribution in [0.15, 0.2) is 30.3 Å². The molecule has 1 aromatic carbocycles. The molecule has 17 heavy (non-hydrogen) atoms. The van der Waals surface area contributed by atoms with Gasteiger partial charge in [0.2, 0.25) is 12.2 Å². The average Bonchev–Trinajstić information content (AvgIpc) is 2.24. The summed E-state index contributed by atoms with van der Waals surface area (Å²) in [4.78, 5) is 22.7. The van der Waals surface area contributed by atoms with Crippen molar-refractivity contribution in [2.75, 3.05) is 0 Å². The molecule has 0 spiro atoms. The van der Waals surface area contributed by atoms with Crippen molar-refractivity contribution in [2.45, 2.75) is 32.7 Å². The molecule has 0 aromatic heterocycles. The molecular formula is C14H18NO2. The van der Waals surface area contributed by atoms with Gasteiger partial charge in [0.15, 0.2) is 0 Å². The molecule has 0 bridgehead atoms. The van der Waals surface area contributed by atoms with Gasteiger partial charge >= 0.3 is 0 Å². The van der Waals surface area contributed by atoms with E-state index < -0.39 is 5.92 Å². The molecule has 0 aliphatic carbocycles. The Kier molecular flexibility index (Phi) is 4.44. The van der Waals surface area contributed by atoms with Gasteiger partial charge in [-0.3, -0.25) is 9.59 Å². The fourth-order valence-electron chi connectivity index (χ4n) is 1.49. The first-order valence-electron chi connectivity index (χ1n) is 5.66. The van der Waals surface area contributed by atoms with Gasteiger partial charge < -0.3 is 5.32 Å². The molecule has 1 amide bonds. The molecule has 1 aromatic rings. The van der Waals surface area contributed by atoms with Crippen LogP contribution in [0.3, 0.4) is 0 Å². The number of carbonyl (C=O) groups is 1. The van der Waals surface area contributed by atoms with E-state index in [1.807, 2.05) is 57.4 Å². The van der Waals surface area contributed by atoms with Gasteiger partial charge in [0, 0.05) is 5.54 Å². The summed E-state index contributed by atoms with van der Waals surface area (Å²) >= 11 is 0. The molecule has 0 saturated heterocycles. The molecule has 0 aliphatic heterocycles. The van der Waals surface area contributed by atoms with Crippen LogP contribution in [0.4, 0.5) is 0 Å². The Labute approximate surface area is 102 Å². The number of nitrogens with one attached hydrogen (secondary N) is 1. The van der Waals surface area contributed by atoms with E-state index in [1.165, 1.54) is 0 Å². The first-order valence-corrected chi connectivity index (χ1v) is 5.66. The van der Waals surface area contributed by atoms with Gasteiger partial charge in [0.05, 0.1) is 0 Å². The maximum Gasteiger partial charge on any atom is 0.231 e. The van der Waals surface area contributed by atoms with Crippen molar-refractivity contribution in [3.05, 3.63) is 35.9 Å². The van der Waals surface area contributed by atoms with Crippen molar-refractivity contribution in [2.24, 2.45) is 5.92 Å². The number of carbonyl (C=O) groups excluding carboxylic acids is 2. The summed E-state index contributed by atoms with van der Waals surface area (Å²) in [6.45, 7) is 5.65. The van der Waals surface area contributed by atoms with Gasteiger partial charge in [0.25, 0.3) is 0 Å². The number of benzene rings is 1. The summed E-state index contributed by atoms with van der Waals surface area (Å²) in [6, 6.07) is 9.47. The molecule has 0 fully saturated rings. The number of hydrogen-bond acceptors (Lipinski definition) is 2. The van der Waals surface area contributed by atoms with E-state index >= 15 is 0 Å². The monoisotopic (exact) mass is 232 g/mol. The molecule has 0 heterocycles. The third-order valence-corrected chi connectivity index (χ3v) is 2.24. The zero-order valence-electron chi connectivity index (χ0n) is 10.5. The normalized spacial score (nSPS) is 12.9. The molecule has 1 N–H and O–H groups in total. The zero-order valence-corrected chi connectivity index (χ0v) is 10.5. The molecular weight excluding hydrogens is 214 g/mol. The van der Waals surface area contributed by atoms with Crippen molar-refractivity contribution in [3.8, 4) is 0 Å². The summed E-state index contributed by atoms with van der Waals surface area (Å²) in [7, 11) is 0. The summed E-state index contributed by atoms with van der Waals surface area (Å²) in [5, 5.41) is 2.79. The Morgan fingerprint density at radius 1 is 1.29 bits per heavy atom. The predicted octanol–water partition coefficient (Wildman–Crippen LogP) is 1.87. The lowest BCUT2D eigenvalue weighted by atomic mass is 9.98. The molecule has 91 valence electrons. The van der Waals surface area contributed by atoms with Gasteiger partial charge in [-0.05, 0) is 32.8 Å². The molecule has 3 nitrogen and oxygen atoms in total. The maximum atomic E-state index is 11.8. The van der Waals surface area contributed by atoms with Crippen LogP contribution in [0.5, 0.6) is 0 Å². The van der Waals surface area contributed by atoms with Gasteiger partial charge in [0.1, 0.15) is 5.92 Å². The zero-order chi connectivity index (χ0) is 12.9. The topological polar surface area (TPSA) is 46.2 Å². The van der Waals surface area contributed by atoms with E-state index in [9.17, 15) is 9.59 Å². The van der Waals surface area contributed by atoms with E-state index in [0.717, 1.165) is 5.56 Å². The summed E-state index contributed by atoms with van der Waals surface area (Å²) in [5.74, 6) is -1.01. The van der Waals surface area contributed by atoms with Crippen LogP contribution in [0.2, 0.25) is 0 Å². The van der Waals surface area contributed by atoms with Crippen molar-refractivity contribution in [1.29, 1.82) is 0 Å². The highest BCUT2D eigenvalue weighted by atomic mass is 16.2. The number of amides is 1. The highest BCUT2D eigenvalue weighted by molar-refractivity contribution is 5.92. The average molecular weight is 232 g/mol. The van der Waals surface area contributed by atoms with Crippen LogP contribution in [-0.4, -0.2) is 17.7 Å². The van der Waals surface area contributed by atoms with E-state index in [1.54, 1.807) is 0 Å². The van der Waals surface area contributed by atoms with Gasteiger partial charge in [-0.25, -0.2) is 0 Å². The van der Waals surface area contributed by atoms with Gasteiger partial charge in [-0.1, -0.05) is 30.3 Å². The van der Waals surface area contributed by atoms with Crippen molar-refractivity contribution < 1.29 is 9.59 Å². The Balaban J connectivity index is 2.66. The minimum atomic E-state index is -0.739. The molecule has 3 heteroatoms. The van der Waals surface area contributed by atoms with Crippen LogP contribution in [0.25, 0.3) is 0 Å². The fourth-order valence-corrected chi connectivity index (χ4v) is 1.49. The summed E-state index contributed by atoms with van der Waals surface area (Å²) in [5.41, 5.74) is 0.632. The highest BCUT2D eigenvalue weighted by Gasteiger charge is 2.23. The third-order valence-electron chi connectivity index (χ3n) is 2.24. The Hall–Kier alpha value is -1.64. The van der Waals surface area contributed by atoms with Gasteiger partial charge in [-0.2, -0.15) is 0 Å². The molecule has 1 atom stereocenters. The lowest BCUT2D eigenvalue weighted by molar-refractivity contribution is -0.124. The van der Waals surface area contributed by atoms with E-state index in [2.05, 4.69) is 5.32 Å². The SMILES string of the molecule is CC(C)(C)NC(=O)C([C]=O)Cc1ccccc1. The van der Waals surface area contributed by atoms with Crippen molar-refractivity contribution in [1.82, 2.24) is 5.32 Å². The molecule has 0 aliphatic rings. The van der Waals surface area contributed by atoms with Crippen LogP contribution >= 0.6 is 0 Å². The Morgan fingerprint density at radius 2 is 1.88 bits per heavy atom. The lowest BCUT2D eigenvalue weighted by Crippen LogP contribution is -2.44. The summed E-state index contributed by atoms with van der Waals surface area (Å²) in [6.07, 6.45) is 2.21. The lowest BCUT2D eigenvalue weighted by Gasteiger charge is -2.22. The highest BCUT2D eigenvalue weighted by Crippen LogP contribution is 2.09. The van der Waals surface area contributed by atoms with Gasteiger partial charge in [-0.15, -0.1) is 0 Å². The van der Waals surface area contributed by atoms with E-state index in [0.29, 0.717) is 6.42 Å². The standard InChI is InChI=1S/C14H18NO2/c1-14(2,3)15-13(17)12(10-16)9-11-7-5-4-6-8-11/h4-8,12H,9H2,1-3H3,(H,15,17). The molecule has 1 unspecified atom stereocenters. The molecule has 1 radical (unpaired) electrons. The first kappa shape index (κ1) is 13.4. The van der Waals surface area contributed by atoms with Crippen LogP contribution in [-0.2, 0) is 16.0 Å². The first-order chi connectivity index (χ1) is 7.92. The third kappa shape index (κ3) is 4.81. The maximum absolute atomic E-state index is 11.8. The van der Waals surface area contributed by atoms with Crippen LogP contribution in [0, 0.1) is 5.92 Å². The minimum Gasteiger partial charge on any atom is -0.351 e. The second-order valence-electron chi connectivity index (χ2n) is 5.10. The fraction of sp³-hybridized carbons (Fsp3) is 0.429. The van der Waals surface area contributed by atoms with E-state index in [4.69, 9.17) is 0 Å². The number of rotatable bonds is 4. The van der Waals surface area contributed by atoms with E-state index in [-0.39, 0.29) is 11.4 Å².